The molecule has 28 heavy (non-hydrogen) atoms. The zero-order chi connectivity index (χ0) is 19.7. The number of urea groups is 1. The number of imide groups is 1. The largest absolute Gasteiger partial charge is 0.351 e. The first-order valence-electron chi connectivity index (χ1n) is 10.5. The molecule has 0 bridgehead atoms. The van der Waals surface area contributed by atoms with E-state index in [-0.39, 0.29) is 24.4 Å². The van der Waals surface area contributed by atoms with Gasteiger partial charge in [0, 0.05) is 6.04 Å². The fourth-order valence-electron chi connectivity index (χ4n) is 4.35. The van der Waals surface area contributed by atoms with Gasteiger partial charge in [-0.1, -0.05) is 50.1 Å². The summed E-state index contributed by atoms with van der Waals surface area (Å²) in [6.07, 6.45) is 6.92. The van der Waals surface area contributed by atoms with E-state index in [9.17, 15) is 14.4 Å². The third-order valence-corrected chi connectivity index (χ3v) is 6.24. The van der Waals surface area contributed by atoms with Gasteiger partial charge in [0.05, 0.1) is 0 Å². The molecule has 3 aliphatic rings. The molecular weight excluding hydrogens is 354 g/mol. The number of nitrogens with one attached hydrogen (secondary N) is 2. The minimum absolute atomic E-state index is 0.207. The molecule has 6 heteroatoms. The number of nitrogens with zero attached hydrogens (tertiary/aromatic N) is 1. The Labute approximate surface area is 166 Å². The molecule has 3 fully saturated rings. The number of hydrogen-bond donors (Lipinski definition) is 2. The van der Waals surface area contributed by atoms with Crippen LogP contribution < -0.4 is 10.6 Å². The van der Waals surface area contributed by atoms with E-state index >= 15 is 0 Å². The monoisotopic (exact) mass is 383 g/mol. The molecule has 150 valence electrons. The lowest BCUT2D eigenvalue weighted by Crippen LogP contribution is -2.47. The molecule has 0 radical (unpaired) electrons. The van der Waals surface area contributed by atoms with E-state index in [1.54, 1.807) is 0 Å². The van der Waals surface area contributed by atoms with Gasteiger partial charge in [0.2, 0.25) is 5.91 Å². The molecule has 2 aliphatic carbocycles. The summed E-state index contributed by atoms with van der Waals surface area (Å²) in [7, 11) is 0. The summed E-state index contributed by atoms with van der Waals surface area (Å²) >= 11 is 0. The van der Waals surface area contributed by atoms with Crippen molar-refractivity contribution in [2.24, 2.45) is 11.8 Å². The number of benzene rings is 1. The summed E-state index contributed by atoms with van der Waals surface area (Å²) in [5.74, 6) is 0.605. The number of unbranched alkanes of at least 4 members (excludes halogenated alkanes) is 1. The highest BCUT2D eigenvalue weighted by molar-refractivity contribution is 6.09. The topological polar surface area (TPSA) is 78.5 Å². The lowest BCUT2D eigenvalue weighted by Gasteiger charge is -2.27. The minimum Gasteiger partial charge on any atom is -0.351 e. The summed E-state index contributed by atoms with van der Waals surface area (Å²) in [6.45, 7) is 1.85. The Bertz CT molecular complexity index is 746. The Morgan fingerprint density at radius 1 is 1.18 bits per heavy atom. The molecule has 2 saturated carbocycles. The molecular formula is C22H29N3O3. The molecule has 1 aromatic carbocycles. The second-order valence-electron chi connectivity index (χ2n) is 8.46. The Kier molecular flexibility index (Phi) is 5.13. The van der Waals surface area contributed by atoms with Gasteiger partial charge < -0.3 is 10.6 Å². The fourth-order valence-corrected chi connectivity index (χ4v) is 4.35. The third kappa shape index (κ3) is 3.64. The van der Waals surface area contributed by atoms with Crippen LogP contribution in [0.4, 0.5) is 4.79 Å². The Morgan fingerprint density at radius 2 is 1.82 bits per heavy atom. The summed E-state index contributed by atoms with van der Waals surface area (Å²) in [6, 6.07) is 9.10. The van der Waals surface area contributed by atoms with Crippen LogP contribution in [-0.2, 0) is 15.1 Å². The van der Waals surface area contributed by atoms with Crippen molar-refractivity contribution >= 4 is 17.8 Å². The molecule has 1 aromatic rings. The third-order valence-electron chi connectivity index (χ3n) is 6.24. The van der Waals surface area contributed by atoms with E-state index in [0.717, 1.165) is 23.3 Å². The van der Waals surface area contributed by atoms with E-state index in [0.29, 0.717) is 18.3 Å². The van der Waals surface area contributed by atoms with Crippen molar-refractivity contribution in [2.75, 3.05) is 6.54 Å². The van der Waals surface area contributed by atoms with Crippen LogP contribution in [0.1, 0.15) is 57.4 Å². The normalized spacial score (nSPS) is 24.6. The van der Waals surface area contributed by atoms with Crippen LogP contribution in [0, 0.1) is 11.8 Å². The second-order valence-corrected chi connectivity index (χ2v) is 8.46. The van der Waals surface area contributed by atoms with Crippen molar-refractivity contribution in [3.05, 3.63) is 35.9 Å². The van der Waals surface area contributed by atoms with Crippen LogP contribution in [0.3, 0.4) is 0 Å². The lowest BCUT2D eigenvalue weighted by atomic mass is 9.85. The number of amides is 4. The van der Waals surface area contributed by atoms with Crippen molar-refractivity contribution in [3.8, 4) is 0 Å². The molecule has 0 spiro atoms. The molecule has 1 saturated heterocycles. The van der Waals surface area contributed by atoms with Crippen LogP contribution in [0.5, 0.6) is 0 Å². The smallest absolute Gasteiger partial charge is 0.325 e. The van der Waals surface area contributed by atoms with Crippen LogP contribution in [-0.4, -0.2) is 35.3 Å². The highest BCUT2D eigenvalue weighted by Gasteiger charge is 2.52. The van der Waals surface area contributed by atoms with E-state index in [1.165, 1.54) is 25.7 Å². The maximum Gasteiger partial charge on any atom is 0.325 e. The Balaban J connectivity index is 1.49. The standard InChI is InChI=1S/C22H29N3O3/c1-2-3-13-22(17-7-5-4-6-8-17)20(27)25(21(28)24-22)14-18(26)23-19(15-9-10-15)16-11-12-16/h4-8,15-16,19H,2-3,9-14H2,1H3,(H,23,26)(H,24,28). The van der Waals surface area contributed by atoms with Gasteiger partial charge in [-0.25, -0.2) is 4.79 Å². The maximum atomic E-state index is 13.3. The van der Waals surface area contributed by atoms with Crippen LogP contribution >= 0.6 is 0 Å². The molecule has 0 aromatic heterocycles. The Morgan fingerprint density at radius 3 is 2.39 bits per heavy atom. The Hall–Kier alpha value is -2.37. The molecule has 4 amide bonds. The van der Waals surface area contributed by atoms with Crippen molar-refractivity contribution in [2.45, 2.75) is 63.5 Å². The fraction of sp³-hybridized carbons (Fsp3) is 0.591. The molecule has 2 N–H and O–H groups in total. The molecule has 1 unspecified atom stereocenters. The van der Waals surface area contributed by atoms with E-state index in [2.05, 4.69) is 17.6 Å². The van der Waals surface area contributed by atoms with E-state index < -0.39 is 11.6 Å². The molecule has 6 nitrogen and oxygen atoms in total. The first-order chi connectivity index (χ1) is 13.5. The van der Waals surface area contributed by atoms with Gasteiger partial charge in [-0.2, -0.15) is 0 Å². The van der Waals surface area contributed by atoms with E-state index in [4.69, 9.17) is 0 Å². The summed E-state index contributed by atoms with van der Waals surface area (Å²) in [5, 5.41) is 6.01. The highest BCUT2D eigenvalue weighted by Crippen LogP contribution is 2.44. The van der Waals surface area contributed by atoms with Crippen LogP contribution in [0.15, 0.2) is 30.3 Å². The second kappa shape index (κ2) is 7.57. The van der Waals surface area contributed by atoms with E-state index in [1.807, 2.05) is 30.3 Å². The quantitative estimate of drug-likeness (QED) is 0.644. The number of carbonyl (C=O) groups is 3. The highest BCUT2D eigenvalue weighted by atomic mass is 16.2. The first kappa shape index (κ1) is 19.0. The zero-order valence-electron chi connectivity index (χ0n) is 16.4. The van der Waals surface area contributed by atoms with Crippen molar-refractivity contribution in [1.82, 2.24) is 15.5 Å². The van der Waals surface area contributed by atoms with Gasteiger partial charge in [0.25, 0.3) is 5.91 Å². The summed E-state index contributed by atoms with van der Waals surface area (Å²) in [4.78, 5) is 39.7. The molecule has 1 aliphatic heterocycles. The number of hydrogen-bond acceptors (Lipinski definition) is 3. The van der Waals surface area contributed by atoms with Gasteiger partial charge in [-0.3, -0.25) is 14.5 Å². The van der Waals surface area contributed by atoms with Crippen molar-refractivity contribution in [1.29, 1.82) is 0 Å². The first-order valence-corrected chi connectivity index (χ1v) is 10.5. The average molecular weight is 383 g/mol. The van der Waals surface area contributed by atoms with Crippen molar-refractivity contribution < 1.29 is 14.4 Å². The number of carbonyl (C=O) groups excluding carboxylic acids is 3. The summed E-state index contributed by atoms with van der Waals surface area (Å²) in [5.41, 5.74) is -0.292. The lowest BCUT2D eigenvalue weighted by molar-refractivity contribution is -0.135. The average Bonchev–Trinajstić information content (AvgIpc) is 3.61. The van der Waals surface area contributed by atoms with Gasteiger partial charge in [-0.05, 0) is 49.5 Å². The van der Waals surface area contributed by atoms with Crippen LogP contribution in [0.2, 0.25) is 0 Å². The molecule has 4 rings (SSSR count). The predicted molar refractivity (Wildman–Crippen MR) is 105 cm³/mol. The number of rotatable bonds is 9. The summed E-state index contributed by atoms with van der Waals surface area (Å²) < 4.78 is 0. The van der Waals surface area contributed by atoms with Gasteiger partial charge in [-0.15, -0.1) is 0 Å². The van der Waals surface area contributed by atoms with Gasteiger partial charge >= 0.3 is 6.03 Å². The maximum absolute atomic E-state index is 13.3. The minimum atomic E-state index is -1.07. The van der Waals surface area contributed by atoms with Gasteiger partial charge in [0.1, 0.15) is 12.1 Å². The SMILES string of the molecule is CCCCC1(c2ccccc2)NC(=O)N(CC(=O)NC(C2CC2)C2CC2)C1=O. The van der Waals surface area contributed by atoms with Gasteiger partial charge in [0.15, 0.2) is 0 Å². The predicted octanol–water partition coefficient (Wildman–Crippen LogP) is 2.93. The van der Waals surface area contributed by atoms with Crippen molar-refractivity contribution in [3.63, 3.8) is 0 Å². The zero-order valence-corrected chi connectivity index (χ0v) is 16.4. The molecule has 1 heterocycles. The van der Waals surface area contributed by atoms with Crippen LogP contribution in [0.25, 0.3) is 0 Å². The molecule has 1 atom stereocenters.